The molecule has 0 radical (unpaired) electrons. The van der Waals surface area contributed by atoms with E-state index < -0.39 is 6.04 Å². The van der Waals surface area contributed by atoms with E-state index in [-0.39, 0.29) is 17.8 Å². The predicted octanol–water partition coefficient (Wildman–Crippen LogP) is 2.72. The van der Waals surface area contributed by atoms with Gasteiger partial charge in [0.2, 0.25) is 5.91 Å². The minimum absolute atomic E-state index is 0.0407. The molecule has 1 saturated carbocycles. The summed E-state index contributed by atoms with van der Waals surface area (Å²) in [6.07, 6.45) is 2.17. The standard InChI is InChI=1S/C15H22N2O3S/c1-4-20-15(19)11-10(9-5-6-9)7-21-14(11)17-13(18)12(16)8(2)3/h7-9,12H,4-6,16H2,1-3H3,(H,17,18). The van der Waals surface area contributed by atoms with Crippen molar-refractivity contribution in [3.8, 4) is 0 Å². The summed E-state index contributed by atoms with van der Waals surface area (Å²) in [4.78, 5) is 24.3. The van der Waals surface area contributed by atoms with Crippen LogP contribution < -0.4 is 11.1 Å². The number of ether oxygens (including phenoxy) is 1. The van der Waals surface area contributed by atoms with Crippen LogP contribution in [0.5, 0.6) is 0 Å². The van der Waals surface area contributed by atoms with Crippen LogP contribution in [0.4, 0.5) is 5.00 Å². The lowest BCUT2D eigenvalue weighted by Crippen LogP contribution is -2.39. The van der Waals surface area contributed by atoms with E-state index in [0.717, 1.165) is 18.4 Å². The predicted molar refractivity (Wildman–Crippen MR) is 83.7 cm³/mol. The zero-order valence-electron chi connectivity index (χ0n) is 12.6. The number of carbonyl (C=O) groups excluding carboxylic acids is 2. The van der Waals surface area contributed by atoms with Crippen molar-refractivity contribution in [1.29, 1.82) is 0 Å². The summed E-state index contributed by atoms with van der Waals surface area (Å²) in [5, 5.41) is 5.28. The highest BCUT2D eigenvalue weighted by atomic mass is 32.1. The summed E-state index contributed by atoms with van der Waals surface area (Å²) in [5.41, 5.74) is 7.35. The molecule has 0 spiro atoms. The van der Waals surface area contributed by atoms with Gasteiger partial charge in [-0.05, 0) is 42.5 Å². The van der Waals surface area contributed by atoms with Gasteiger partial charge in [0.25, 0.3) is 0 Å². The largest absolute Gasteiger partial charge is 0.462 e. The van der Waals surface area contributed by atoms with Crippen molar-refractivity contribution in [1.82, 2.24) is 0 Å². The highest BCUT2D eigenvalue weighted by molar-refractivity contribution is 7.15. The molecule has 5 nitrogen and oxygen atoms in total. The number of carbonyl (C=O) groups is 2. The Labute approximate surface area is 128 Å². The Balaban J connectivity index is 2.22. The van der Waals surface area contributed by atoms with Crippen molar-refractivity contribution < 1.29 is 14.3 Å². The fourth-order valence-electron chi connectivity index (χ4n) is 2.07. The van der Waals surface area contributed by atoms with Crippen LogP contribution in [0.3, 0.4) is 0 Å². The Bertz CT molecular complexity index is 535. The maximum atomic E-state index is 12.2. The van der Waals surface area contributed by atoms with Crippen LogP contribution in [0.25, 0.3) is 0 Å². The Morgan fingerprint density at radius 3 is 2.67 bits per heavy atom. The number of esters is 1. The summed E-state index contributed by atoms with van der Waals surface area (Å²) >= 11 is 1.37. The second-order valence-corrected chi connectivity index (χ2v) is 6.53. The van der Waals surface area contributed by atoms with Gasteiger partial charge in [-0.1, -0.05) is 13.8 Å². The first-order chi connectivity index (χ1) is 9.95. The van der Waals surface area contributed by atoms with Gasteiger partial charge >= 0.3 is 5.97 Å². The van der Waals surface area contributed by atoms with Gasteiger partial charge in [-0.3, -0.25) is 4.79 Å². The molecule has 1 amide bonds. The molecular weight excluding hydrogens is 288 g/mol. The van der Waals surface area contributed by atoms with E-state index in [9.17, 15) is 9.59 Å². The molecule has 1 fully saturated rings. The average Bonchev–Trinajstić information content (AvgIpc) is 3.19. The molecule has 1 aromatic heterocycles. The van der Waals surface area contributed by atoms with Crippen molar-refractivity contribution in [2.24, 2.45) is 11.7 Å². The van der Waals surface area contributed by atoms with Crippen molar-refractivity contribution in [3.05, 3.63) is 16.5 Å². The molecule has 1 atom stereocenters. The lowest BCUT2D eigenvalue weighted by atomic mass is 10.0. The number of nitrogens with two attached hydrogens (primary N) is 1. The molecule has 1 aromatic rings. The molecule has 1 aliphatic rings. The van der Waals surface area contributed by atoms with E-state index in [1.807, 2.05) is 19.2 Å². The van der Waals surface area contributed by atoms with E-state index in [0.29, 0.717) is 23.1 Å². The number of nitrogens with one attached hydrogen (secondary N) is 1. The number of hydrogen-bond donors (Lipinski definition) is 2. The monoisotopic (exact) mass is 310 g/mol. The molecular formula is C15H22N2O3S. The van der Waals surface area contributed by atoms with E-state index in [2.05, 4.69) is 5.32 Å². The molecule has 21 heavy (non-hydrogen) atoms. The summed E-state index contributed by atoms with van der Waals surface area (Å²) in [5.74, 6) is -0.169. The second-order valence-electron chi connectivity index (χ2n) is 5.65. The topological polar surface area (TPSA) is 81.4 Å². The minimum Gasteiger partial charge on any atom is -0.462 e. The van der Waals surface area contributed by atoms with Crippen LogP contribution in [-0.2, 0) is 9.53 Å². The van der Waals surface area contributed by atoms with Crippen LogP contribution in [-0.4, -0.2) is 24.5 Å². The average molecular weight is 310 g/mol. The van der Waals surface area contributed by atoms with Gasteiger partial charge in [0.1, 0.15) is 5.00 Å². The molecule has 116 valence electrons. The number of amides is 1. The molecule has 3 N–H and O–H groups in total. The van der Waals surface area contributed by atoms with Crippen LogP contribution in [0.15, 0.2) is 5.38 Å². The summed E-state index contributed by atoms with van der Waals surface area (Å²) < 4.78 is 5.12. The highest BCUT2D eigenvalue weighted by Gasteiger charge is 2.32. The molecule has 2 rings (SSSR count). The number of anilines is 1. The quantitative estimate of drug-likeness (QED) is 0.792. The molecule has 6 heteroatoms. The van der Waals surface area contributed by atoms with Gasteiger partial charge < -0.3 is 15.8 Å². The normalized spacial score (nSPS) is 15.9. The molecule has 1 heterocycles. The SMILES string of the molecule is CCOC(=O)c1c(C2CC2)csc1NC(=O)C(N)C(C)C. The van der Waals surface area contributed by atoms with E-state index in [1.54, 1.807) is 6.92 Å². The zero-order chi connectivity index (χ0) is 15.6. The van der Waals surface area contributed by atoms with Crippen LogP contribution in [0.1, 0.15) is 55.5 Å². The molecule has 1 unspecified atom stereocenters. The van der Waals surface area contributed by atoms with E-state index >= 15 is 0 Å². The summed E-state index contributed by atoms with van der Waals surface area (Å²) in [6, 6.07) is -0.591. The third-order valence-corrected chi connectivity index (χ3v) is 4.49. The molecule has 0 saturated heterocycles. The van der Waals surface area contributed by atoms with Gasteiger partial charge in [0.05, 0.1) is 18.2 Å². The maximum Gasteiger partial charge on any atom is 0.341 e. The van der Waals surface area contributed by atoms with Gasteiger partial charge in [0.15, 0.2) is 0 Å². The lowest BCUT2D eigenvalue weighted by molar-refractivity contribution is -0.118. The second kappa shape index (κ2) is 6.58. The fraction of sp³-hybridized carbons (Fsp3) is 0.600. The van der Waals surface area contributed by atoms with E-state index in [1.165, 1.54) is 11.3 Å². The van der Waals surface area contributed by atoms with Crippen LogP contribution >= 0.6 is 11.3 Å². The minimum atomic E-state index is -0.591. The third-order valence-electron chi connectivity index (χ3n) is 3.57. The highest BCUT2D eigenvalue weighted by Crippen LogP contribution is 2.46. The van der Waals surface area contributed by atoms with E-state index in [4.69, 9.17) is 10.5 Å². The Hall–Kier alpha value is -1.40. The van der Waals surface area contributed by atoms with Crippen molar-refractivity contribution in [3.63, 3.8) is 0 Å². The smallest absolute Gasteiger partial charge is 0.341 e. The molecule has 1 aliphatic carbocycles. The van der Waals surface area contributed by atoms with Gasteiger partial charge in [-0.15, -0.1) is 11.3 Å². The number of rotatable bonds is 6. The lowest BCUT2D eigenvalue weighted by Gasteiger charge is -2.15. The third kappa shape index (κ3) is 3.63. The van der Waals surface area contributed by atoms with Gasteiger partial charge in [0, 0.05) is 0 Å². The van der Waals surface area contributed by atoms with Crippen LogP contribution in [0, 0.1) is 5.92 Å². The van der Waals surface area contributed by atoms with Crippen molar-refractivity contribution in [2.75, 3.05) is 11.9 Å². The Kier molecular flexibility index (Phi) is 5.00. The van der Waals surface area contributed by atoms with Crippen LogP contribution in [0.2, 0.25) is 0 Å². The first kappa shape index (κ1) is 16.0. The first-order valence-corrected chi connectivity index (χ1v) is 8.18. The Morgan fingerprint density at radius 2 is 2.14 bits per heavy atom. The van der Waals surface area contributed by atoms with Gasteiger partial charge in [-0.2, -0.15) is 0 Å². The molecule has 0 aliphatic heterocycles. The fourth-order valence-corrected chi connectivity index (χ4v) is 3.10. The Morgan fingerprint density at radius 1 is 1.48 bits per heavy atom. The van der Waals surface area contributed by atoms with Crippen molar-refractivity contribution in [2.45, 2.75) is 45.6 Å². The summed E-state index contributed by atoms with van der Waals surface area (Å²) in [6.45, 7) is 5.87. The maximum absolute atomic E-state index is 12.2. The molecule has 0 aromatic carbocycles. The van der Waals surface area contributed by atoms with Gasteiger partial charge in [-0.25, -0.2) is 4.79 Å². The number of thiophene rings is 1. The summed E-state index contributed by atoms with van der Waals surface area (Å²) in [7, 11) is 0. The number of hydrogen-bond acceptors (Lipinski definition) is 5. The zero-order valence-corrected chi connectivity index (χ0v) is 13.5. The first-order valence-electron chi connectivity index (χ1n) is 7.30. The van der Waals surface area contributed by atoms with Crippen molar-refractivity contribution >= 4 is 28.2 Å². The molecule has 0 bridgehead atoms.